The van der Waals surface area contributed by atoms with E-state index in [1.165, 1.54) is 5.56 Å². The number of nitrogens with zero attached hydrogens (tertiary/aromatic N) is 2. The van der Waals surface area contributed by atoms with Crippen molar-refractivity contribution in [3.8, 4) is 0 Å². The molecule has 1 aromatic heterocycles. The van der Waals surface area contributed by atoms with Crippen molar-refractivity contribution in [3.63, 3.8) is 0 Å². The van der Waals surface area contributed by atoms with Gasteiger partial charge in [0.1, 0.15) is 6.04 Å². The van der Waals surface area contributed by atoms with Gasteiger partial charge in [-0.15, -0.1) is 0 Å². The summed E-state index contributed by atoms with van der Waals surface area (Å²) in [5.74, 6) is 0.499. The molecule has 2 bridgehead atoms. The number of anilines is 1. The number of amides is 3. The van der Waals surface area contributed by atoms with Gasteiger partial charge >= 0.3 is 6.03 Å². The summed E-state index contributed by atoms with van der Waals surface area (Å²) in [6.07, 6.45) is 1.36. The Morgan fingerprint density at radius 3 is 2.41 bits per heavy atom. The zero-order valence-electron chi connectivity index (χ0n) is 21.4. The van der Waals surface area contributed by atoms with E-state index in [-0.39, 0.29) is 29.3 Å². The van der Waals surface area contributed by atoms with Gasteiger partial charge in [0, 0.05) is 49.4 Å². The molecule has 2 aliphatic rings. The molecule has 37 heavy (non-hydrogen) atoms. The maximum atomic E-state index is 13.5. The average Bonchev–Trinajstić information content (AvgIpc) is 2.89. The van der Waals surface area contributed by atoms with Crippen molar-refractivity contribution in [2.75, 3.05) is 18.4 Å². The minimum atomic E-state index is -0.726. The summed E-state index contributed by atoms with van der Waals surface area (Å²) in [6, 6.07) is 22.0. The van der Waals surface area contributed by atoms with Crippen molar-refractivity contribution in [1.82, 2.24) is 14.8 Å². The third kappa shape index (κ3) is 5.61. The quantitative estimate of drug-likeness (QED) is 0.530. The highest BCUT2D eigenvalue weighted by Gasteiger charge is 2.37. The zero-order valence-corrected chi connectivity index (χ0v) is 21.4. The van der Waals surface area contributed by atoms with Gasteiger partial charge in [0.2, 0.25) is 5.91 Å². The Hall–Kier alpha value is -3.87. The summed E-state index contributed by atoms with van der Waals surface area (Å²) in [6.45, 7) is 5.98. The normalized spacial score (nSPS) is 19.2. The van der Waals surface area contributed by atoms with E-state index in [0.717, 1.165) is 17.7 Å². The number of rotatable bonds is 6. The number of nitrogens with one attached hydrogen (secondary N) is 2. The van der Waals surface area contributed by atoms with Crippen molar-refractivity contribution in [1.29, 1.82) is 0 Å². The molecule has 1 fully saturated rings. The second-order valence-electron chi connectivity index (χ2n) is 10.6. The molecule has 3 heterocycles. The Morgan fingerprint density at radius 1 is 0.919 bits per heavy atom. The van der Waals surface area contributed by atoms with Gasteiger partial charge in [-0.2, -0.15) is 0 Å². The van der Waals surface area contributed by atoms with E-state index in [0.29, 0.717) is 37.7 Å². The van der Waals surface area contributed by atoms with Gasteiger partial charge in [-0.3, -0.25) is 9.59 Å². The van der Waals surface area contributed by atoms with Crippen molar-refractivity contribution in [2.24, 2.45) is 5.92 Å². The molecule has 7 heteroatoms. The van der Waals surface area contributed by atoms with Gasteiger partial charge in [-0.25, -0.2) is 4.79 Å². The SMILES string of the molecule is CC(C)c1ccc(NC(=O)C(Cc2ccccc2)NC(=O)N2CC3CC(C2)c2cccc(=O)n2C3)cc1. The van der Waals surface area contributed by atoms with E-state index in [4.69, 9.17) is 0 Å². The Morgan fingerprint density at radius 2 is 1.68 bits per heavy atom. The molecule has 2 N–H and O–H groups in total. The van der Waals surface area contributed by atoms with Crippen LogP contribution in [0.4, 0.5) is 10.5 Å². The number of piperidine rings is 1. The number of hydrogen-bond acceptors (Lipinski definition) is 3. The van der Waals surface area contributed by atoms with Crippen LogP contribution in [0, 0.1) is 5.92 Å². The van der Waals surface area contributed by atoms with E-state index in [9.17, 15) is 14.4 Å². The zero-order chi connectivity index (χ0) is 25.9. The molecule has 0 radical (unpaired) electrons. The third-order valence-electron chi connectivity index (χ3n) is 7.51. The van der Waals surface area contributed by atoms with Crippen molar-refractivity contribution in [3.05, 3.63) is 100.0 Å². The van der Waals surface area contributed by atoms with Gasteiger partial charge in [-0.05, 0) is 47.6 Å². The molecule has 0 spiro atoms. The molecule has 7 nitrogen and oxygen atoms in total. The van der Waals surface area contributed by atoms with Crippen molar-refractivity contribution < 1.29 is 9.59 Å². The fourth-order valence-corrected chi connectivity index (χ4v) is 5.54. The van der Waals surface area contributed by atoms with Crippen LogP contribution in [0.2, 0.25) is 0 Å². The van der Waals surface area contributed by atoms with Crippen LogP contribution in [0.25, 0.3) is 0 Å². The van der Waals surface area contributed by atoms with E-state index < -0.39 is 6.04 Å². The summed E-state index contributed by atoms with van der Waals surface area (Å²) >= 11 is 0. The Balaban J connectivity index is 1.31. The van der Waals surface area contributed by atoms with Crippen molar-refractivity contribution in [2.45, 2.75) is 51.1 Å². The minimum absolute atomic E-state index is 0.0196. The van der Waals surface area contributed by atoms with Crippen LogP contribution in [0.5, 0.6) is 0 Å². The molecule has 3 amide bonds. The Kier molecular flexibility index (Phi) is 7.12. The molecule has 3 aromatic rings. The smallest absolute Gasteiger partial charge is 0.318 e. The predicted octanol–water partition coefficient (Wildman–Crippen LogP) is 4.35. The highest BCUT2D eigenvalue weighted by molar-refractivity contribution is 5.97. The molecular weight excluding hydrogens is 464 g/mol. The first kappa shape index (κ1) is 24.8. The number of fused-ring (bicyclic) bond motifs is 4. The Labute approximate surface area is 217 Å². The lowest BCUT2D eigenvalue weighted by atomic mass is 9.83. The summed E-state index contributed by atoms with van der Waals surface area (Å²) in [4.78, 5) is 41.0. The number of aromatic nitrogens is 1. The Bertz CT molecular complexity index is 1320. The highest BCUT2D eigenvalue weighted by Crippen LogP contribution is 2.35. The lowest BCUT2D eigenvalue weighted by Gasteiger charge is -2.43. The van der Waals surface area contributed by atoms with Gasteiger partial charge in [0.05, 0.1) is 0 Å². The monoisotopic (exact) mass is 498 g/mol. The summed E-state index contributed by atoms with van der Waals surface area (Å²) in [5, 5.41) is 6.00. The fourth-order valence-electron chi connectivity index (χ4n) is 5.54. The van der Waals surface area contributed by atoms with Gasteiger partial charge in [-0.1, -0.05) is 62.4 Å². The number of urea groups is 1. The maximum Gasteiger partial charge on any atom is 0.318 e. The van der Waals surface area contributed by atoms with Crippen LogP contribution in [-0.2, 0) is 17.8 Å². The molecule has 192 valence electrons. The molecule has 5 rings (SSSR count). The molecular formula is C30H34N4O3. The van der Waals surface area contributed by atoms with Crippen LogP contribution in [0.1, 0.15) is 48.9 Å². The van der Waals surface area contributed by atoms with Crippen LogP contribution in [-0.4, -0.2) is 40.5 Å². The molecule has 0 saturated carbocycles. The summed E-state index contributed by atoms with van der Waals surface area (Å²) in [7, 11) is 0. The lowest BCUT2D eigenvalue weighted by Crippen LogP contribution is -2.55. The highest BCUT2D eigenvalue weighted by atomic mass is 16.2. The van der Waals surface area contributed by atoms with Crippen LogP contribution in [0.15, 0.2) is 77.6 Å². The van der Waals surface area contributed by atoms with E-state index in [2.05, 4.69) is 24.5 Å². The number of likely N-dealkylation sites (tertiary alicyclic amines) is 1. The van der Waals surface area contributed by atoms with Gasteiger partial charge in [0.15, 0.2) is 0 Å². The predicted molar refractivity (Wildman–Crippen MR) is 145 cm³/mol. The van der Waals surface area contributed by atoms with E-state index in [1.54, 1.807) is 12.1 Å². The summed E-state index contributed by atoms with van der Waals surface area (Å²) in [5.41, 5.74) is 3.89. The largest absolute Gasteiger partial charge is 0.326 e. The first-order chi connectivity index (χ1) is 17.9. The average molecular weight is 499 g/mol. The summed E-state index contributed by atoms with van der Waals surface area (Å²) < 4.78 is 1.85. The molecule has 2 aliphatic heterocycles. The standard InChI is InChI=1S/C30H34N4O3/c1-20(2)23-11-13-25(14-12-23)31-29(36)26(16-21-7-4-3-5-8-21)32-30(37)33-17-22-15-24(19-33)27-9-6-10-28(35)34(27)18-22/h3-14,20,22,24,26H,15-19H2,1-2H3,(H,31,36)(H,32,37). The van der Waals surface area contributed by atoms with E-state index in [1.807, 2.05) is 70.1 Å². The second-order valence-corrected chi connectivity index (χ2v) is 10.6. The van der Waals surface area contributed by atoms with Crippen LogP contribution >= 0.6 is 0 Å². The molecule has 1 saturated heterocycles. The molecule has 0 aliphatic carbocycles. The molecule has 2 aromatic carbocycles. The van der Waals surface area contributed by atoms with Gasteiger partial charge < -0.3 is 20.1 Å². The first-order valence-corrected chi connectivity index (χ1v) is 13.1. The number of carbonyl (C=O) groups excluding carboxylic acids is 2. The minimum Gasteiger partial charge on any atom is -0.326 e. The second kappa shape index (κ2) is 10.6. The van der Waals surface area contributed by atoms with Gasteiger partial charge in [0.25, 0.3) is 5.56 Å². The number of benzene rings is 2. The van der Waals surface area contributed by atoms with Crippen LogP contribution in [0.3, 0.4) is 0 Å². The topological polar surface area (TPSA) is 83.4 Å². The molecule has 3 atom stereocenters. The first-order valence-electron chi connectivity index (χ1n) is 13.1. The van der Waals surface area contributed by atoms with Crippen molar-refractivity contribution >= 4 is 17.6 Å². The molecule has 3 unspecified atom stereocenters. The van der Waals surface area contributed by atoms with Crippen LogP contribution < -0.4 is 16.2 Å². The fraction of sp³-hybridized carbons (Fsp3) is 0.367. The number of hydrogen-bond donors (Lipinski definition) is 2. The lowest BCUT2D eigenvalue weighted by molar-refractivity contribution is -0.118. The number of carbonyl (C=O) groups is 2. The number of pyridine rings is 1. The maximum absolute atomic E-state index is 13.5. The van der Waals surface area contributed by atoms with E-state index >= 15 is 0 Å². The third-order valence-corrected chi connectivity index (χ3v) is 7.51.